The normalized spacial score (nSPS) is 11.6. The highest BCUT2D eigenvalue weighted by Gasteiger charge is 2.28. The van der Waals surface area contributed by atoms with Crippen molar-refractivity contribution < 1.29 is 64.2 Å². The Balaban J connectivity index is 0.000000126. The molecule has 0 aliphatic carbocycles. The molecule has 21 rings (SSSR count). The lowest BCUT2D eigenvalue weighted by Gasteiger charge is -2.34. The number of para-hydroxylation sites is 9. The number of benzene rings is 15. The van der Waals surface area contributed by atoms with Gasteiger partial charge >= 0.3 is 0 Å². The van der Waals surface area contributed by atoms with Crippen molar-refractivity contribution in [1.82, 2.24) is 29.8 Å². The summed E-state index contributed by atoms with van der Waals surface area (Å²) in [6.45, 7) is 7.08. The van der Waals surface area contributed by atoms with Crippen LogP contribution in [0.5, 0.6) is 11.5 Å². The molecule has 10 N–H and O–H groups in total. The van der Waals surface area contributed by atoms with Crippen molar-refractivity contribution in [2.75, 3.05) is 106 Å². The zero-order chi connectivity index (χ0) is 103. The monoisotopic (exact) mass is 2110 g/mol. The van der Waals surface area contributed by atoms with Gasteiger partial charge in [-0.2, -0.15) is 0 Å². The van der Waals surface area contributed by atoms with Crippen molar-refractivity contribution in [3.05, 3.63) is 399 Å². The molecule has 0 saturated carbocycles. The van der Waals surface area contributed by atoms with E-state index in [2.05, 4.69) is 107 Å². The second-order valence-electron chi connectivity index (χ2n) is 32.5. The molecule has 15 aromatic carbocycles. The molecule has 20 aromatic rings. The number of aryl methyl sites for hydroxylation is 2. The van der Waals surface area contributed by atoms with Crippen molar-refractivity contribution in [3.63, 3.8) is 0 Å². The largest absolute Gasteiger partial charge is 0.496 e. The second-order valence-corrected chi connectivity index (χ2v) is 38.5. The minimum absolute atomic E-state index is 0.202. The highest BCUT2D eigenvalue weighted by Crippen LogP contribution is 2.42. The molecule has 740 valence electrons. The third-order valence-electron chi connectivity index (χ3n) is 22.5. The standard InChI is InChI=1S/C26H25F2N5OS.C22H19N3O3S.C21H15F2N3OS.C20H13Cl2N3OS.C20H12F3N3OS/c1-16-6-11-19(27)22(23(16)28)25(34)30-20-4-3-5-21-24(20)31-26(35-21)29-17-7-9-18(10-8-17)33-14-12-32(2)13-15-33;1-27-16-11-7-12-17(28-2)19(16)21(26)24-15-10-6-13-18-20(15)25-22(29-18)23-14-8-4-3-5-9-14;1-12-10-11-14(22)17(18(12)23)20(27)25-15-8-5-9-16-19(15)26-21(28-16)24-13-6-3-2-4-7-13;21-13-8-4-9-14(22)17(13)19(26)24-15-10-5-11-16-18(15)25-20(27-16)23-12-6-2-1-3-7-12;21-11-9-13(22)17(14(23)10-11)19(27)25-15-7-4-8-16-18(15)26-20(28-16)24-12-5-2-1-3-6-12/h3-11H,12-15H2,1-2H3,(H,29,31)(H,30,34);3-13H,1-2H3,(H,23,25)(H,24,26);2-11H,1H3,(H,24,26)(H,25,27);1-11H,(H,23,25)(H,24,26);1-10H,(H,24,26)(H,25,27). The van der Waals surface area contributed by atoms with E-state index in [1.807, 2.05) is 182 Å². The second kappa shape index (κ2) is 46.9. The van der Waals surface area contributed by atoms with Gasteiger partial charge < -0.3 is 72.4 Å². The summed E-state index contributed by atoms with van der Waals surface area (Å²) in [5.41, 5.74) is 9.96. The fourth-order valence-electron chi connectivity index (χ4n) is 15.2. The minimum atomic E-state index is -1.27. The fraction of sp³-hybridized carbons (Fsp3) is 0.0826. The van der Waals surface area contributed by atoms with Gasteiger partial charge in [-0.05, 0) is 202 Å². The van der Waals surface area contributed by atoms with E-state index in [0.29, 0.717) is 105 Å². The number of fused-ring (bicyclic) bond motifs is 5. The van der Waals surface area contributed by atoms with E-state index >= 15 is 0 Å². The maximum Gasteiger partial charge on any atom is 0.263 e. The molecular weight excluding hydrogens is 2020 g/mol. The highest BCUT2D eigenvalue weighted by atomic mass is 35.5. The topological polar surface area (TPSA) is 295 Å². The number of methoxy groups -OCH3 is 2. The minimum Gasteiger partial charge on any atom is -0.496 e. The van der Waals surface area contributed by atoms with Crippen molar-refractivity contribution in [2.45, 2.75) is 13.8 Å². The summed E-state index contributed by atoms with van der Waals surface area (Å²) < 4.78 is 113. The number of hydrogen-bond donors (Lipinski definition) is 10. The van der Waals surface area contributed by atoms with Gasteiger partial charge in [-0.25, -0.2) is 55.7 Å². The van der Waals surface area contributed by atoms with Gasteiger partial charge in [0.05, 0.1) is 81.8 Å². The lowest BCUT2D eigenvalue weighted by Crippen LogP contribution is -2.44. The van der Waals surface area contributed by atoms with E-state index in [9.17, 15) is 54.7 Å². The van der Waals surface area contributed by atoms with Gasteiger partial charge in [-0.15, -0.1) is 0 Å². The molecule has 24 nitrogen and oxygen atoms in total. The van der Waals surface area contributed by atoms with Crippen LogP contribution in [0.1, 0.15) is 62.9 Å². The van der Waals surface area contributed by atoms with Crippen LogP contribution in [-0.4, -0.2) is 107 Å². The molecule has 1 aliphatic heterocycles. The maximum absolute atomic E-state index is 14.4. The fourth-order valence-corrected chi connectivity index (χ4v) is 20.4. The number of anilines is 16. The molecule has 0 radical (unpaired) electrons. The first-order valence-electron chi connectivity index (χ1n) is 45.1. The first-order valence-corrected chi connectivity index (χ1v) is 49.9. The number of carbonyl (C=O) groups is 5. The Morgan fingerprint density at radius 1 is 0.299 bits per heavy atom. The number of nitrogens with zero attached hydrogens (tertiary/aromatic N) is 7. The lowest BCUT2D eigenvalue weighted by atomic mass is 10.1. The molecule has 5 aromatic heterocycles. The van der Waals surface area contributed by atoms with Crippen molar-refractivity contribution in [3.8, 4) is 11.5 Å². The van der Waals surface area contributed by atoms with Gasteiger partial charge in [0, 0.05) is 72.4 Å². The van der Waals surface area contributed by atoms with Gasteiger partial charge in [0.15, 0.2) is 25.7 Å². The average Bonchev–Trinajstić information content (AvgIpc) is 1.18. The predicted octanol–water partition coefficient (Wildman–Crippen LogP) is 29.1. The molecule has 1 saturated heterocycles. The smallest absolute Gasteiger partial charge is 0.263 e. The molecular formula is C109H84Cl2F7N17O7S5. The number of nitrogens with one attached hydrogen (secondary N) is 10. The van der Waals surface area contributed by atoms with Gasteiger partial charge in [0.1, 0.15) is 102 Å². The molecule has 1 aliphatic rings. The van der Waals surface area contributed by atoms with Gasteiger partial charge in [-0.1, -0.05) is 207 Å². The zero-order valence-corrected chi connectivity index (χ0v) is 83.8. The van der Waals surface area contributed by atoms with Gasteiger partial charge in [-0.3, -0.25) is 24.0 Å². The number of likely N-dealkylation sites (N-methyl/N-ethyl adjacent to an activating group) is 1. The van der Waals surface area contributed by atoms with E-state index in [1.165, 1.54) is 103 Å². The summed E-state index contributed by atoms with van der Waals surface area (Å²) in [5.74, 6) is -9.70. The van der Waals surface area contributed by atoms with Gasteiger partial charge in [0.25, 0.3) is 29.5 Å². The molecule has 38 heteroatoms. The Morgan fingerprint density at radius 2 is 0.571 bits per heavy atom. The Kier molecular flexibility index (Phi) is 32.6. The molecule has 147 heavy (non-hydrogen) atoms. The Labute approximate surface area is 866 Å². The van der Waals surface area contributed by atoms with Crippen LogP contribution in [0.2, 0.25) is 10.0 Å². The van der Waals surface area contributed by atoms with E-state index < -0.39 is 75.1 Å². The number of ether oxygens (including phenoxy) is 2. The number of piperazine rings is 1. The summed E-state index contributed by atoms with van der Waals surface area (Å²) >= 11 is 19.5. The molecule has 6 heterocycles. The number of halogens is 9. The van der Waals surface area contributed by atoms with Crippen LogP contribution in [-0.2, 0) is 0 Å². The number of aromatic nitrogens is 5. The van der Waals surface area contributed by atoms with Crippen molar-refractivity contribution >= 4 is 249 Å². The van der Waals surface area contributed by atoms with Crippen LogP contribution in [0.4, 0.5) is 119 Å². The maximum atomic E-state index is 14.4. The summed E-state index contributed by atoms with van der Waals surface area (Å²) in [4.78, 5) is 90.8. The molecule has 0 spiro atoms. The van der Waals surface area contributed by atoms with E-state index in [4.69, 9.17) is 32.7 Å². The van der Waals surface area contributed by atoms with Crippen LogP contribution in [0.3, 0.4) is 0 Å². The van der Waals surface area contributed by atoms with E-state index in [0.717, 1.165) is 106 Å². The Morgan fingerprint density at radius 3 is 0.878 bits per heavy atom. The van der Waals surface area contributed by atoms with Crippen LogP contribution in [0.15, 0.2) is 309 Å². The summed E-state index contributed by atoms with van der Waals surface area (Å²) in [5, 5.41) is 33.7. The van der Waals surface area contributed by atoms with Crippen molar-refractivity contribution in [1.29, 1.82) is 0 Å². The summed E-state index contributed by atoms with van der Waals surface area (Å²) in [6.07, 6.45) is 0. The van der Waals surface area contributed by atoms with Crippen LogP contribution in [0.25, 0.3) is 51.1 Å². The molecule has 0 bridgehead atoms. The number of amides is 5. The molecule has 5 amide bonds. The first kappa shape index (κ1) is 102. The summed E-state index contributed by atoms with van der Waals surface area (Å²) in [7, 11) is 5.18. The third kappa shape index (κ3) is 24.8. The number of rotatable bonds is 23. The van der Waals surface area contributed by atoms with E-state index in [-0.39, 0.29) is 28.5 Å². The molecule has 1 fully saturated rings. The number of thiazole rings is 5. The Bertz CT molecular complexity index is 8180. The summed E-state index contributed by atoms with van der Waals surface area (Å²) in [6, 6.07) is 89.7. The SMILES string of the molecule is COc1cccc(OC)c1C(=O)Nc1cccc2sc(Nc3ccccc3)nc12.Cc1ccc(F)c(C(=O)Nc2cccc3sc(Nc4ccc(N5CCN(C)CC5)cc4)nc23)c1F.Cc1ccc(F)c(C(=O)Nc2cccc3sc(Nc4ccccc4)nc23)c1F.O=C(Nc1cccc2sc(Nc3ccccc3)nc12)c1c(Cl)cccc1Cl.O=C(Nc1cccc2sc(Nc3ccccc3)nc12)c1c(F)cc(F)cc1F. The van der Waals surface area contributed by atoms with Crippen LogP contribution >= 0.6 is 79.9 Å². The van der Waals surface area contributed by atoms with Crippen LogP contribution in [0, 0.1) is 54.6 Å². The highest BCUT2D eigenvalue weighted by molar-refractivity contribution is 7.24. The van der Waals surface area contributed by atoms with Crippen LogP contribution < -0.4 is 67.5 Å². The van der Waals surface area contributed by atoms with Crippen molar-refractivity contribution in [2.24, 2.45) is 0 Å². The third-order valence-corrected chi connectivity index (χ3v) is 27.8. The quantitative estimate of drug-likeness (QED) is 0.0266. The number of carbonyl (C=O) groups excluding carboxylic acids is 5. The first-order chi connectivity index (χ1) is 71.2. The molecule has 0 atom stereocenters. The van der Waals surface area contributed by atoms with Gasteiger partial charge in [0.2, 0.25) is 0 Å². The number of hydrogen-bond acceptors (Lipinski definition) is 24. The molecule has 0 unspecified atom stereocenters. The predicted molar refractivity (Wildman–Crippen MR) is 581 cm³/mol. The Hall–Kier alpha value is -16.5. The lowest BCUT2D eigenvalue weighted by molar-refractivity contribution is 0.101. The zero-order valence-electron chi connectivity index (χ0n) is 78.2. The average molecular weight is 2110 g/mol. The van der Waals surface area contributed by atoms with E-state index in [1.54, 1.807) is 78.9 Å².